The van der Waals surface area contributed by atoms with Crippen molar-refractivity contribution < 1.29 is 24.3 Å². The molecule has 3 unspecified atom stereocenters. The fourth-order valence-corrected chi connectivity index (χ4v) is 2.06. The van der Waals surface area contributed by atoms with Crippen LogP contribution in [0.3, 0.4) is 0 Å². The molecular formula is C15H28N4O5. The van der Waals surface area contributed by atoms with E-state index in [1.807, 2.05) is 13.8 Å². The van der Waals surface area contributed by atoms with Crippen molar-refractivity contribution in [3.8, 4) is 0 Å². The van der Waals surface area contributed by atoms with Crippen molar-refractivity contribution in [1.82, 2.24) is 10.6 Å². The Hall–Kier alpha value is -2.16. The van der Waals surface area contributed by atoms with Gasteiger partial charge in [-0.1, -0.05) is 27.7 Å². The summed E-state index contributed by atoms with van der Waals surface area (Å²) in [4.78, 5) is 46.3. The van der Waals surface area contributed by atoms with Crippen molar-refractivity contribution in [2.45, 2.75) is 58.7 Å². The second-order valence-corrected chi connectivity index (χ2v) is 6.54. The lowest BCUT2D eigenvalue weighted by molar-refractivity contribution is -0.143. The first-order valence-electron chi connectivity index (χ1n) is 7.83. The van der Waals surface area contributed by atoms with E-state index >= 15 is 0 Å². The van der Waals surface area contributed by atoms with Crippen LogP contribution in [0.1, 0.15) is 40.5 Å². The molecule has 0 rings (SSSR count). The number of aliphatic carboxylic acids is 1. The number of hydrogen-bond donors (Lipinski definition) is 5. The summed E-state index contributed by atoms with van der Waals surface area (Å²) in [5.74, 6) is -3.41. The fourth-order valence-electron chi connectivity index (χ4n) is 2.06. The van der Waals surface area contributed by atoms with Crippen LogP contribution in [0.15, 0.2) is 0 Å². The maximum absolute atomic E-state index is 12.3. The quantitative estimate of drug-likeness (QED) is 0.339. The van der Waals surface area contributed by atoms with E-state index in [1.54, 1.807) is 13.8 Å². The van der Waals surface area contributed by atoms with Crippen LogP contribution in [0, 0.1) is 11.8 Å². The molecule has 0 aliphatic carbocycles. The van der Waals surface area contributed by atoms with E-state index in [0.717, 1.165) is 0 Å². The van der Waals surface area contributed by atoms with Gasteiger partial charge in [-0.15, -0.1) is 0 Å². The highest BCUT2D eigenvalue weighted by Gasteiger charge is 2.30. The van der Waals surface area contributed by atoms with Gasteiger partial charge in [0.2, 0.25) is 17.7 Å². The Kier molecular flexibility index (Phi) is 8.97. The van der Waals surface area contributed by atoms with Crippen LogP contribution in [0.25, 0.3) is 0 Å². The number of nitrogens with two attached hydrogens (primary N) is 2. The van der Waals surface area contributed by atoms with Gasteiger partial charge in [0.1, 0.15) is 12.1 Å². The van der Waals surface area contributed by atoms with Gasteiger partial charge in [0.05, 0.1) is 12.5 Å². The van der Waals surface area contributed by atoms with Crippen molar-refractivity contribution in [2.75, 3.05) is 0 Å². The van der Waals surface area contributed by atoms with E-state index < -0.39 is 41.8 Å². The molecule has 0 spiro atoms. The van der Waals surface area contributed by atoms with Gasteiger partial charge in [-0.05, 0) is 18.3 Å². The number of carbonyl (C=O) groups excluding carboxylic acids is 3. The minimum atomic E-state index is -1.16. The van der Waals surface area contributed by atoms with E-state index in [4.69, 9.17) is 11.5 Å². The number of primary amides is 1. The monoisotopic (exact) mass is 344 g/mol. The summed E-state index contributed by atoms with van der Waals surface area (Å²) in [6.07, 6.45) is -0.0790. The van der Waals surface area contributed by atoms with Crippen LogP contribution in [0.5, 0.6) is 0 Å². The van der Waals surface area contributed by atoms with Gasteiger partial charge < -0.3 is 27.2 Å². The zero-order valence-corrected chi connectivity index (χ0v) is 14.5. The third-order valence-electron chi connectivity index (χ3n) is 3.33. The van der Waals surface area contributed by atoms with Crippen LogP contribution in [0.4, 0.5) is 0 Å². The number of rotatable bonds is 10. The van der Waals surface area contributed by atoms with E-state index in [9.17, 15) is 24.3 Å². The van der Waals surface area contributed by atoms with E-state index in [2.05, 4.69) is 10.6 Å². The number of amides is 3. The Morgan fingerprint density at radius 3 is 1.92 bits per heavy atom. The standard InChI is InChI=1S/C15H28N4O5/c1-7(2)5-10(15(23)24)18-14(22)12(8(3)4)19-13(21)9(16)6-11(17)20/h7-10,12H,5-6,16H2,1-4H3,(H2,17,20)(H,18,22)(H,19,21)(H,23,24). The van der Waals surface area contributed by atoms with Crippen molar-refractivity contribution in [3.63, 3.8) is 0 Å². The molecule has 0 radical (unpaired) electrons. The highest BCUT2D eigenvalue weighted by Crippen LogP contribution is 2.08. The first-order valence-corrected chi connectivity index (χ1v) is 7.83. The number of carboxylic acids is 1. The second-order valence-electron chi connectivity index (χ2n) is 6.54. The normalized spacial score (nSPS) is 14.8. The lowest BCUT2D eigenvalue weighted by Crippen LogP contribution is -2.56. The maximum atomic E-state index is 12.3. The molecule has 0 saturated heterocycles. The summed E-state index contributed by atoms with van der Waals surface area (Å²) in [6, 6.07) is -3.18. The highest BCUT2D eigenvalue weighted by molar-refractivity contribution is 5.93. The zero-order chi connectivity index (χ0) is 19.0. The predicted octanol–water partition coefficient (Wildman–Crippen LogP) is -1.05. The van der Waals surface area contributed by atoms with E-state index in [1.165, 1.54) is 0 Å². The van der Waals surface area contributed by atoms with Gasteiger partial charge in [0, 0.05) is 0 Å². The molecule has 0 aromatic carbocycles. The number of nitrogens with one attached hydrogen (secondary N) is 2. The number of carbonyl (C=O) groups is 4. The first-order chi connectivity index (χ1) is 11.0. The molecule has 0 aromatic heterocycles. The van der Waals surface area contributed by atoms with Gasteiger partial charge in [-0.25, -0.2) is 4.79 Å². The molecule has 138 valence electrons. The number of carboxylic acid groups (broad SMARTS) is 1. The lowest BCUT2D eigenvalue weighted by Gasteiger charge is -2.25. The average molecular weight is 344 g/mol. The largest absolute Gasteiger partial charge is 0.480 e. The molecule has 7 N–H and O–H groups in total. The molecule has 3 amide bonds. The van der Waals surface area contributed by atoms with Gasteiger partial charge in [-0.3, -0.25) is 14.4 Å². The molecule has 24 heavy (non-hydrogen) atoms. The molecule has 3 atom stereocenters. The molecule has 0 aliphatic heterocycles. The molecule has 0 aliphatic rings. The Bertz CT molecular complexity index is 478. The van der Waals surface area contributed by atoms with Crippen molar-refractivity contribution >= 4 is 23.7 Å². The van der Waals surface area contributed by atoms with Gasteiger partial charge >= 0.3 is 5.97 Å². The maximum Gasteiger partial charge on any atom is 0.326 e. The molecule has 0 aromatic rings. The summed E-state index contributed by atoms with van der Waals surface area (Å²) in [5.41, 5.74) is 10.5. The minimum absolute atomic E-state index is 0.0717. The van der Waals surface area contributed by atoms with Gasteiger partial charge in [-0.2, -0.15) is 0 Å². The van der Waals surface area contributed by atoms with Crippen LogP contribution >= 0.6 is 0 Å². The topological polar surface area (TPSA) is 165 Å². The van der Waals surface area contributed by atoms with E-state index in [0.29, 0.717) is 0 Å². The average Bonchev–Trinajstić information content (AvgIpc) is 2.41. The predicted molar refractivity (Wildman–Crippen MR) is 87.6 cm³/mol. The van der Waals surface area contributed by atoms with Crippen LogP contribution in [0.2, 0.25) is 0 Å². The Labute approximate surface area is 141 Å². The Morgan fingerprint density at radius 2 is 1.54 bits per heavy atom. The highest BCUT2D eigenvalue weighted by atomic mass is 16.4. The molecule has 0 fully saturated rings. The SMILES string of the molecule is CC(C)CC(NC(=O)C(NC(=O)C(N)CC(N)=O)C(C)C)C(=O)O. The van der Waals surface area contributed by atoms with Crippen LogP contribution < -0.4 is 22.1 Å². The fraction of sp³-hybridized carbons (Fsp3) is 0.733. The summed E-state index contributed by atoms with van der Waals surface area (Å²) in [5, 5.41) is 14.1. The number of hydrogen-bond acceptors (Lipinski definition) is 5. The molecule has 0 heterocycles. The molecule has 0 bridgehead atoms. The summed E-state index contributed by atoms with van der Waals surface area (Å²) >= 11 is 0. The van der Waals surface area contributed by atoms with E-state index in [-0.39, 0.29) is 24.7 Å². The third kappa shape index (κ3) is 7.91. The third-order valence-corrected chi connectivity index (χ3v) is 3.33. The Balaban J connectivity index is 4.97. The molecule has 9 nitrogen and oxygen atoms in total. The summed E-state index contributed by atoms with van der Waals surface area (Å²) in [7, 11) is 0. The first kappa shape index (κ1) is 21.8. The molecular weight excluding hydrogens is 316 g/mol. The molecule has 0 saturated carbocycles. The van der Waals surface area contributed by atoms with Crippen LogP contribution in [-0.4, -0.2) is 46.9 Å². The van der Waals surface area contributed by atoms with Crippen LogP contribution in [-0.2, 0) is 19.2 Å². The molecule has 9 heteroatoms. The van der Waals surface area contributed by atoms with Crippen molar-refractivity contribution in [3.05, 3.63) is 0 Å². The Morgan fingerprint density at radius 1 is 1.00 bits per heavy atom. The van der Waals surface area contributed by atoms with Gasteiger partial charge in [0.15, 0.2) is 0 Å². The summed E-state index contributed by atoms with van der Waals surface area (Å²) < 4.78 is 0. The lowest BCUT2D eigenvalue weighted by atomic mass is 10.00. The van der Waals surface area contributed by atoms with Gasteiger partial charge in [0.25, 0.3) is 0 Å². The second kappa shape index (κ2) is 9.86. The smallest absolute Gasteiger partial charge is 0.326 e. The summed E-state index contributed by atoms with van der Waals surface area (Å²) in [6.45, 7) is 7.07. The minimum Gasteiger partial charge on any atom is -0.480 e. The van der Waals surface area contributed by atoms with Crippen molar-refractivity contribution in [2.24, 2.45) is 23.3 Å². The zero-order valence-electron chi connectivity index (χ0n) is 14.5. The van der Waals surface area contributed by atoms with Crippen molar-refractivity contribution in [1.29, 1.82) is 0 Å².